The summed E-state index contributed by atoms with van der Waals surface area (Å²) in [6.45, 7) is 1.22. The molecule has 2 amide bonds. The number of rotatable bonds is 7. The number of aromatic nitrogens is 1. The summed E-state index contributed by atoms with van der Waals surface area (Å²) in [6, 6.07) is 17.7. The molecule has 0 fully saturated rings. The van der Waals surface area contributed by atoms with E-state index < -0.39 is 0 Å². The number of nitrogens with one attached hydrogen (secondary N) is 2. The van der Waals surface area contributed by atoms with Crippen LogP contribution in [0.25, 0.3) is 10.9 Å². The van der Waals surface area contributed by atoms with Crippen molar-refractivity contribution >= 4 is 22.7 Å². The fourth-order valence-corrected chi connectivity index (χ4v) is 3.00. The number of fused-ring (bicyclic) bond motifs is 1. The third-order valence-electron chi connectivity index (χ3n) is 4.41. The van der Waals surface area contributed by atoms with Crippen LogP contribution in [0, 0.1) is 0 Å². The van der Waals surface area contributed by atoms with Crippen molar-refractivity contribution in [2.24, 2.45) is 0 Å². The Morgan fingerprint density at radius 1 is 1.04 bits per heavy atom. The number of carbonyl (C=O) groups excluding carboxylic acids is 2. The molecule has 26 heavy (non-hydrogen) atoms. The SMILES string of the molecule is CNC(=O)c1cccc(CCNC(=O)CCn2ccc3ccccc32)c1. The van der Waals surface area contributed by atoms with Gasteiger partial charge in [-0.25, -0.2) is 0 Å². The maximum atomic E-state index is 12.1. The summed E-state index contributed by atoms with van der Waals surface area (Å²) in [4.78, 5) is 23.8. The number of hydrogen-bond acceptors (Lipinski definition) is 2. The first-order valence-corrected chi connectivity index (χ1v) is 8.79. The molecule has 0 aliphatic heterocycles. The van der Waals surface area contributed by atoms with Crippen molar-refractivity contribution in [3.05, 3.63) is 71.9 Å². The molecule has 0 aliphatic carbocycles. The van der Waals surface area contributed by atoms with Gasteiger partial charge in [-0.2, -0.15) is 0 Å². The Labute approximate surface area is 153 Å². The van der Waals surface area contributed by atoms with Gasteiger partial charge in [0.15, 0.2) is 0 Å². The summed E-state index contributed by atoms with van der Waals surface area (Å²) in [5.41, 5.74) is 2.81. The number of amides is 2. The molecule has 0 aliphatic rings. The van der Waals surface area contributed by atoms with Gasteiger partial charge in [-0.3, -0.25) is 9.59 Å². The minimum Gasteiger partial charge on any atom is -0.356 e. The second-order valence-electron chi connectivity index (χ2n) is 6.20. The first kappa shape index (κ1) is 17.7. The van der Waals surface area contributed by atoms with E-state index in [1.807, 2.05) is 36.5 Å². The monoisotopic (exact) mass is 349 g/mol. The summed E-state index contributed by atoms with van der Waals surface area (Å²) in [6.07, 6.45) is 3.15. The highest BCUT2D eigenvalue weighted by molar-refractivity contribution is 5.94. The molecule has 1 heterocycles. The molecule has 1 aromatic heterocycles. The molecular formula is C21H23N3O2. The number of para-hydroxylation sites is 1. The molecule has 0 saturated heterocycles. The fraction of sp³-hybridized carbons (Fsp3) is 0.238. The van der Waals surface area contributed by atoms with Gasteiger partial charge in [0.2, 0.25) is 5.91 Å². The standard InChI is InChI=1S/C21H23N3O2/c1-22-21(26)18-7-4-5-16(15-18)9-12-23-20(25)11-14-24-13-10-17-6-2-3-8-19(17)24/h2-8,10,13,15H,9,11-12,14H2,1H3,(H,22,26)(H,23,25). The minimum absolute atomic E-state index is 0.0326. The fourth-order valence-electron chi connectivity index (χ4n) is 3.00. The van der Waals surface area contributed by atoms with E-state index in [-0.39, 0.29) is 11.8 Å². The summed E-state index contributed by atoms with van der Waals surface area (Å²) in [7, 11) is 1.61. The summed E-state index contributed by atoms with van der Waals surface area (Å²) < 4.78 is 2.10. The summed E-state index contributed by atoms with van der Waals surface area (Å²) in [5.74, 6) is -0.0694. The molecule has 5 heteroatoms. The van der Waals surface area contributed by atoms with Crippen LogP contribution in [-0.2, 0) is 17.8 Å². The van der Waals surface area contributed by atoms with Crippen LogP contribution < -0.4 is 10.6 Å². The highest BCUT2D eigenvalue weighted by Gasteiger charge is 2.06. The largest absolute Gasteiger partial charge is 0.356 e. The molecule has 0 saturated carbocycles. The van der Waals surface area contributed by atoms with E-state index in [1.165, 1.54) is 5.39 Å². The number of carbonyl (C=O) groups is 2. The van der Waals surface area contributed by atoms with E-state index in [2.05, 4.69) is 33.4 Å². The van der Waals surface area contributed by atoms with Gasteiger partial charge in [0.25, 0.3) is 5.91 Å². The lowest BCUT2D eigenvalue weighted by Crippen LogP contribution is -2.26. The zero-order chi connectivity index (χ0) is 18.4. The molecule has 2 N–H and O–H groups in total. The molecule has 134 valence electrons. The minimum atomic E-state index is -0.102. The Kier molecular flexibility index (Phi) is 5.69. The quantitative estimate of drug-likeness (QED) is 0.689. The van der Waals surface area contributed by atoms with Crippen LogP contribution in [0.3, 0.4) is 0 Å². The first-order chi connectivity index (χ1) is 12.7. The molecule has 0 atom stereocenters. The Morgan fingerprint density at radius 2 is 1.88 bits per heavy atom. The zero-order valence-electron chi connectivity index (χ0n) is 14.9. The maximum Gasteiger partial charge on any atom is 0.251 e. The van der Waals surface area contributed by atoms with Crippen molar-refractivity contribution < 1.29 is 9.59 Å². The Hall–Kier alpha value is -3.08. The van der Waals surface area contributed by atoms with E-state index in [9.17, 15) is 9.59 Å². The van der Waals surface area contributed by atoms with Crippen molar-refractivity contribution in [3.8, 4) is 0 Å². The Balaban J connectivity index is 1.47. The van der Waals surface area contributed by atoms with Crippen molar-refractivity contribution in [2.75, 3.05) is 13.6 Å². The molecule has 3 rings (SSSR count). The Bertz CT molecular complexity index is 914. The van der Waals surface area contributed by atoms with Crippen LogP contribution in [0.15, 0.2) is 60.8 Å². The third-order valence-corrected chi connectivity index (χ3v) is 4.41. The molecule has 3 aromatic rings. The molecule has 0 unspecified atom stereocenters. The number of nitrogens with zero attached hydrogens (tertiary/aromatic N) is 1. The normalized spacial score (nSPS) is 10.7. The van der Waals surface area contributed by atoms with Gasteiger partial charge in [-0.1, -0.05) is 30.3 Å². The average Bonchev–Trinajstić information content (AvgIpc) is 3.09. The highest BCUT2D eigenvalue weighted by Crippen LogP contribution is 2.15. The number of hydrogen-bond donors (Lipinski definition) is 2. The van der Waals surface area contributed by atoms with E-state index >= 15 is 0 Å². The molecule has 5 nitrogen and oxygen atoms in total. The van der Waals surface area contributed by atoms with Crippen molar-refractivity contribution in [1.82, 2.24) is 15.2 Å². The predicted octanol–water partition coefficient (Wildman–Crippen LogP) is 2.75. The lowest BCUT2D eigenvalue weighted by atomic mass is 10.1. The van der Waals surface area contributed by atoms with Crippen molar-refractivity contribution in [2.45, 2.75) is 19.4 Å². The van der Waals surface area contributed by atoms with Gasteiger partial charge in [-0.05, 0) is 41.6 Å². The van der Waals surface area contributed by atoms with Crippen LogP contribution in [0.2, 0.25) is 0 Å². The topological polar surface area (TPSA) is 63.1 Å². The second kappa shape index (κ2) is 8.34. The molecule has 0 bridgehead atoms. The summed E-state index contributed by atoms with van der Waals surface area (Å²) >= 11 is 0. The Morgan fingerprint density at radius 3 is 2.73 bits per heavy atom. The summed E-state index contributed by atoms with van der Waals surface area (Å²) in [5, 5.41) is 6.75. The molecular weight excluding hydrogens is 326 g/mol. The van der Waals surface area contributed by atoms with Gasteiger partial charge < -0.3 is 15.2 Å². The third kappa shape index (κ3) is 4.30. The predicted molar refractivity (Wildman–Crippen MR) is 103 cm³/mol. The molecule has 0 radical (unpaired) electrons. The number of aryl methyl sites for hydroxylation is 1. The van der Waals surface area contributed by atoms with E-state index in [0.29, 0.717) is 31.5 Å². The van der Waals surface area contributed by atoms with Gasteiger partial charge in [0, 0.05) is 43.8 Å². The van der Waals surface area contributed by atoms with Crippen LogP contribution in [0.1, 0.15) is 22.3 Å². The van der Waals surface area contributed by atoms with E-state index in [1.54, 1.807) is 13.1 Å². The highest BCUT2D eigenvalue weighted by atomic mass is 16.2. The van der Waals surface area contributed by atoms with Gasteiger partial charge in [0.05, 0.1) is 0 Å². The van der Waals surface area contributed by atoms with Crippen LogP contribution in [0.4, 0.5) is 0 Å². The maximum absolute atomic E-state index is 12.1. The van der Waals surface area contributed by atoms with Gasteiger partial charge >= 0.3 is 0 Å². The van der Waals surface area contributed by atoms with Crippen LogP contribution in [-0.4, -0.2) is 30.0 Å². The van der Waals surface area contributed by atoms with Crippen LogP contribution >= 0.6 is 0 Å². The lowest BCUT2D eigenvalue weighted by Gasteiger charge is -2.08. The van der Waals surface area contributed by atoms with Gasteiger partial charge in [0.1, 0.15) is 0 Å². The first-order valence-electron chi connectivity index (χ1n) is 8.79. The van der Waals surface area contributed by atoms with Crippen molar-refractivity contribution in [1.29, 1.82) is 0 Å². The average molecular weight is 349 g/mol. The second-order valence-corrected chi connectivity index (χ2v) is 6.20. The van der Waals surface area contributed by atoms with Gasteiger partial charge in [-0.15, -0.1) is 0 Å². The van der Waals surface area contributed by atoms with Crippen LogP contribution in [0.5, 0.6) is 0 Å². The zero-order valence-corrected chi connectivity index (χ0v) is 14.9. The van der Waals surface area contributed by atoms with E-state index in [4.69, 9.17) is 0 Å². The van der Waals surface area contributed by atoms with E-state index in [0.717, 1.165) is 11.1 Å². The molecule has 2 aromatic carbocycles. The number of benzene rings is 2. The molecule has 0 spiro atoms. The lowest BCUT2D eigenvalue weighted by molar-refractivity contribution is -0.121. The smallest absolute Gasteiger partial charge is 0.251 e. The van der Waals surface area contributed by atoms with Crippen molar-refractivity contribution in [3.63, 3.8) is 0 Å².